The number of carbonyl (C=O) groups is 1. The van der Waals surface area contributed by atoms with Crippen LogP contribution in [0.25, 0.3) is 0 Å². The molecule has 1 aromatic rings. The van der Waals surface area contributed by atoms with Gasteiger partial charge in [-0.3, -0.25) is 5.10 Å². The van der Waals surface area contributed by atoms with Crippen LogP contribution in [0.3, 0.4) is 0 Å². The second-order valence-corrected chi connectivity index (χ2v) is 7.33. The molecule has 0 saturated carbocycles. The van der Waals surface area contributed by atoms with Crippen molar-refractivity contribution in [3.8, 4) is 0 Å². The third kappa shape index (κ3) is 3.23. The Morgan fingerprint density at radius 3 is 2.87 bits per heavy atom. The summed E-state index contributed by atoms with van der Waals surface area (Å²) in [6, 6.07) is -0.0980. The summed E-state index contributed by atoms with van der Waals surface area (Å²) >= 11 is 0. The van der Waals surface area contributed by atoms with Crippen LogP contribution in [-0.2, 0) is 14.8 Å². The molecule has 0 radical (unpaired) electrons. The quantitative estimate of drug-likeness (QED) is 0.755. The fourth-order valence-electron chi connectivity index (χ4n) is 3.26. The highest BCUT2D eigenvalue weighted by atomic mass is 35.5. The van der Waals surface area contributed by atoms with Crippen LogP contribution in [0.1, 0.15) is 36.5 Å². The minimum atomic E-state index is -3.80. The van der Waals surface area contributed by atoms with Gasteiger partial charge in [0.15, 0.2) is 5.03 Å². The zero-order chi connectivity index (χ0) is 15.7. The van der Waals surface area contributed by atoms with Crippen LogP contribution in [0.5, 0.6) is 0 Å². The van der Waals surface area contributed by atoms with Crippen LogP contribution in [0.2, 0.25) is 0 Å². The van der Waals surface area contributed by atoms with Gasteiger partial charge in [-0.1, -0.05) is 0 Å². The molecule has 2 bridgehead atoms. The van der Waals surface area contributed by atoms with Gasteiger partial charge in [0, 0.05) is 18.6 Å². The van der Waals surface area contributed by atoms with Crippen molar-refractivity contribution in [2.24, 2.45) is 0 Å². The van der Waals surface area contributed by atoms with E-state index in [-0.39, 0.29) is 41.7 Å². The Morgan fingerprint density at radius 2 is 2.13 bits per heavy atom. The van der Waals surface area contributed by atoms with Gasteiger partial charge in [0.25, 0.3) is 10.0 Å². The Hall–Kier alpha value is -1.16. The van der Waals surface area contributed by atoms with Gasteiger partial charge in [-0.25, -0.2) is 13.2 Å². The summed E-state index contributed by atoms with van der Waals surface area (Å²) in [5.74, 6) is -0.671. The second-order valence-electron chi connectivity index (χ2n) is 5.55. The highest BCUT2D eigenvalue weighted by Gasteiger charge is 2.45. The highest BCUT2D eigenvalue weighted by molar-refractivity contribution is 7.89. The van der Waals surface area contributed by atoms with Gasteiger partial charge in [-0.2, -0.15) is 9.40 Å². The predicted molar refractivity (Wildman–Crippen MR) is 85.1 cm³/mol. The molecular formula is C13H21ClN4O4S. The lowest BCUT2D eigenvalue weighted by molar-refractivity contribution is 0.0521. The predicted octanol–water partition coefficient (Wildman–Crippen LogP) is 0.523. The molecule has 8 nitrogen and oxygen atoms in total. The van der Waals surface area contributed by atoms with E-state index in [1.165, 1.54) is 6.20 Å². The number of H-pyrrole nitrogens is 1. The van der Waals surface area contributed by atoms with Crippen molar-refractivity contribution in [2.75, 3.05) is 19.7 Å². The molecule has 3 heterocycles. The van der Waals surface area contributed by atoms with Crippen LogP contribution < -0.4 is 5.32 Å². The molecule has 0 amide bonds. The Labute approximate surface area is 141 Å². The largest absolute Gasteiger partial charge is 0.462 e. The molecule has 0 aliphatic carbocycles. The van der Waals surface area contributed by atoms with Gasteiger partial charge in [0.1, 0.15) is 5.56 Å². The SMILES string of the molecule is CCOC(=O)c1cn[nH]c1S(=O)(=O)N1C2CCNCC1CC2.Cl. The van der Waals surface area contributed by atoms with Crippen LogP contribution in [0.4, 0.5) is 0 Å². The van der Waals surface area contributed by atoms with E-state index in [0.29, 0.717) is 6.54 Å². The smallest absolute Gasteiger partial charge is 0.342 e. The number of carbonyl (C=O) groups excluding carboxylic acids is 1. The minimum absolute atomic E-state index is 0. The number of rotatable bonds is 4. The Kier molecular flexibility index (Phi) is 5.66. The lowest BCUT2D eigenvalue weighted by Gasteiger charge is -2.26. The first kappa shape index (κ1) is 18.2. The van der Waals surface area contributed by atoms with Crippen LogP contribution in [-0.4, -0.2) is 60.7 Å². The first-order chi connectivity index (χ1) is 10.6. The minimum Gasteiger partial charge on any atom is -0.462 e. The van der Waals surface area contributed by atoms with Crippen LogP contribution >= 0.6 is 12.4 Å². The second kappa shape index (κ2) is 7.16. The topological polar surface area (TPSA) is 104 Å². The molecule has 0 spiro atoms. The fourth-order valence-corrected chi connectivity index (χ4v) is 5.23. The molecule has 1 aromatic heterocycles. The summed E-state index contributed by atoms with van der Waals surface area (Å²) in [5, 5.41) is 9.30. The lowest BCUT2D eigenvalue weighted by Crippen LogP contribution is -2.43. The number of hydrogen-bond acceptors (Lipinski definition) is 6. The van der Waals surface area contributed by atoms with Crippen molar-refractivity contribution in [3.05, 3.63) is 11.8 Å². The van der Waals surface area contributed by atoms with Crippen molar-refractivity contribution < 1.29 is 17.9 Å². The molecule has 130 valence electrons. The molecule has 2 aliphatic heterocycles. The van der Waals surface area contributed by atoms with Crippen molar-refractivity contribution in [3.63, 3.8) is 0 Å². The van der Waals surface area contributed by atoms with E-state index in [0.717, 1.165) is 25.8 Å². The van der Waals surface area contributed by atoms with Gasteiger partial charge in [-0.15, -0.1) is 12.4 Å². The van der Waals surface area contributed by atoms with Crippen LogP contribution in [0.15, 0.2) is 11.2 Å². The number of esters is 1. The summed E-state index contributed by atoms with van der Waals surface area (Å²) in [6.45, 7) is 3.30. The number of nitrogens with one attached hydrogen (secondary N) is 2. The molecular weight excluding hydrogens is 344 g/mol. The molecule has 0 aromatic carbocycles. The van der Waals surface area contributed by atoms with E-state index in [1.54, 1.807) is 11.2 Å². The molecule has 2 N–H and O–H groups in total. The third-order valence-corrected chi connectivity index (χ3v) is 6.20. The number of aromatic amines is 1. The summed E-state index contributed by atoms with van der Waals surface area (Å²) in [5.41, 5.74) is -0.0292. The number of sulfonamides is 1. The van der Waals surface area contributed by atoms with E-state index >= 15 is 0 Å². The van der Waals surface area contributed by atoms with E-state index in [4.69, 9.17) is 4.74 Å². The molecule has 3 rings (SSSR count). The maximum atomic E-state index is 13.0. The maximum absolute atomic E-state index is 13.0. The first-order valence-corrected chi connectivity index (χ1v) is 8.94. The average molecular weight is 365 g/mol. The van der Waals surface area contributed by atoms with Gasteiger partial charge < -0.3 is 10.1 Å². The number of hydrogen-bond donors (Lipinski definition) is 2. The molecule has 10 heteroatoms. The zero-order valence-corrected chi connectivity index (χ0v) is 14.5. The Bertz CT molecular complexity index is 649. The monoisotopic (exact) mass is 364 g/mol. The van der Waals surface area contributed by atoms with Crippen molar-refractivity contribution in [1.82, 2.24) is 19.8 Å². The van der Waals surface area contributed by atoms with E-state index < -0.39 is 16.0 Å². The van der Waals surface area contributed by atoms with Crippen molar-refractivity contribution in [1.29, 1.82) is 0 Å². The Morgan fingerprint density at radius 1 is 1.39 bits per heavy atom. The molecule has 23 heavy (non-hydrogen) atoms. The van der Waals surface area contributed by atoms with Crippen LogP contribution in [0, 0.1) is 0 Å². The van der Waals surface area contributed by atoms with E-state index in [2.05, 4.69) is 15.5 Å². The standard InChI is InChI=1S/C13H20N4O4S.ClH/c1-2-21-13(18)11-8-15-16-12(11)22(19,20)17-9-3-4-10(17)7-14-6-5-9;/h8-10,14H,2-7H2,1H3,(H,15,16);1H. The third-order valence-electron chi connectivity index (χ3n) is 4.22. The molecule has 2 fully saturated rings. The van der Waals surface area contributed by atoms with Gasteiger partial charge in [-0.05, 0) is 32.7 Å². The molecule has 2 saturated heterocycles. The van der Waals surface area contributed by atoms with Crippen molar-refractivity contribution >= 4 is 28.4 Å². The van der Waals surface area contributed by atoms with Gasteiger partial charge >= 0.3 is 5.97 Å². The molecule has 2 atom stereocenters. The molecule has 2 aliphatic rings. The normalized spacial score (nSPS) is 24.7. The summed E-state index contributed by atoms with van der Waals surface area (Å²) in [6.07, 6.45) is 3.68. The summed E-state index contributed by atoms with van der Waals surface area (Å²) in [4.78, 5) is 11.9. The number of fused-ring (bicyclic) bond motifs is 2. The maximum Gasteiger partial charge on any atom is 0.342 e. The first-order valence-electron chi connectivity index (χ1n) is 7.50. The highest BCUT2D eigenvalue weighted by Crippen LogP contribution is 2.34. The zero-order valence-electron chi connectivity index (χ0n) is 12.8. The number of halogens is 1. The number of nitrogens with zero attached hydrogens (tertiary/aromatic N) is 2. The number of aromatic nitrogens is 2. The van der Waals surface area contributed by atoms with Gasteiger partial charge in [0.05, 0.1) is 12.8 Å². The average Bonchev–Trinajstić information content (AvgIpc) is 3.03. The molecule has 2 unspecified atom stereocenters. The number of ether oxygens (including phenoxy) is 1. The van der Waals surface area contributed by atoms with E-state index in [1.807, 2.05) is 0 Å². The summed E-state index contributed by atoms with van der Waals surface area (Å²) < 4.78 is 32.5. The lowest BCUT2D eigenvalue weighted by atomic mass is 10.1. The van der Waals surface area contributed by atoms with E-state index in [9.17, 15) is 13.2 Å². The van der Waals surface area contributed by atoms with Gasteiger partial charge in [0.2, 0.25) is 0 Å². The van der Waals surface area contributed by atoms with Crippen molar-refractivity contribution in [2.45, 2.75) is 43.3 Å². The Balaban J connectivity index is 0.00000192. The fraction of sp³-hybridized carbons (Fsp3) is 0.692. The summed E-state index contributed by atoms with van der Waals surface area (Å²) in [7, 11) is -3.80.